The minimum atomic E-state index is -0.603. The first-order valence-electron chi connectivity index (χ1n) is 13.0. The zero-order valence-corrected chi connectivity index (χ0v) is 22.2. The largest absolute Gasteiger partial charge is 0.390 e. The van der Waals surface area contributed by atoms with Gasteiger partial charge in [0, 0.05) is 47.4 Å². The summed E-state index contributed by atoms with van der Waals surface area (Å²) in [4.78, 5) is 18.6. The SMILES string of the molecule is Cc1cc2c(-c3nc(N4CCOCC4)nc4c(CN5CCC(C(C)(C)O)CC5)csc34)cccc2[nH]1. The number of aromatic nitrogens is 3. The number of rotatable bonds is 5. The lowest BCUT2D eigenvalue weighted by Crippen LogP contribution is -2.41. The van der Waals surface area contributed by atoms with Crippen molar-refractivity contribution in [1.29, 1.82) is 0 Å². The van der Waals surface area contributed by atoms with Crippen molar-refractivity contribution >= 4 is 38.4 Å². The van der Waals surface area contributed by atoms with E-state index in [0.717, 1.165) is 84.2 Å². The molecule has 0 unspecified atom stereocenters. The molecule has 2 fully saturated rings. The van der Waals surface area contributed by atoms with E-state index in [4.69, 9.17) is 14.7 Å². The smallest absolute Gasteiger partial charge is 0.226 e. The van der Waals surface area contributed by atoms with Crippen LogP contribution in [0.3, 0.4) is 0 Å². The Hall–Kier alpha value is -2.52. The Bertz CT molecular complexity index is 1370. The van der Waals surface area contributed by atoms with Crippen LogP contribution in [0.15, 0.2) is 29.6 Å². The molecule has 0 aliphatic carbocycles. The average molecular weight is 506 g/mol. The number of hydrogen-bond donors (Lipinski definition) is 2. The molecule has 2 N–H and O–H groups in total. The van der Waals surface area contributed by atoms with Crippen molar-refractivity contribution in [3.05, 3.63) is 40.9 Å². The first-order valence-corrected chi connectivity index (χ1v) is 13.9. The monoisotopic (exact) mass is 505 g/mol. The average Bonchev–Trinajstić information content (AvgIpc) is 3.46. The van der Waals surface area contributed by atoms with Crippen molar-refractivity contribution in [3.63, 3.8) is 0 Å². The number of thiophene rings is 1. The molecular weight excluding hydrogens is 470 g/mol. The van der Waals surface area contributed by atoms with Gasteiger partial charge in [0.2, 0.25) is 5.95 Å². The van der Waals surface area contributed by atoms with E-state index < -0.39 is 5.60 Å². The maximum absolute atomic E-state index is 10.4. The summed E-state index contributed by atoms with van der Waals surface area (Å²) in [6.45, 7) is 11.9. The van der Waals surface area contributed by atoms with Gasteiger partial charge in [-0.3, -0.25) is 4.90 Å². The van der Waals surface area contributed by atoms with Crippen LogP contribution in [0.1, 0.15) is 37.9 Å². The lowest BCUT2D eigenvalue weighted by molar-refractivity contribution is -0.0135. The fourth-order valence-corrected chi connectivity index (χ4v) is 6.69. The van der Waals surface area contributed by atoms with Crippen molar-refractivity contribution in [2.75, 3.05) is 44.3 Å². The molecule has 5 heterocycles. The molecule has 2 aliphatic heterocycles. The second-order valence-corrected chi connectivity index (χ2v) is 11.7. The van der Waals surface area contributed by atoms with Crippen LogP contribution in [0.5, 0.6) is 0 Å². The Morgan fingerprint density at radius 3 is 2.67 bits per heavy atom. The van der Waals surface area contributed by atoms with Crippen LogP contribution in [0, 0.1) is 12.8 Å². The number of benzene rings is 1. The van der Waals surface area contributed by atoms with Crippen LogP contribution in [0.2, 0.25) is 0 Å². The summed E-state index contributed by atoms with van der Waals surface area (Å²) in [5.41, 5.74) is 6.19. The first-order chi connectivity index (χ1) is 17.4. The maximum Gasteiger partial charge on any atom is 0.226 e. The lowest BCUT2D eigenvalue weighted by Gasteiger charge is -2.37. The van der Waals surface area contributed by atoms with E-state index in [1.54, 1.807) is 11.3 Å². The topological polar surface area (TPSA) is 77.5 Å². The number of H-pyrrole nitrogens is 1. The van der Waals surface area contributed by atoms with E-state index in [2.05, 4.69) is 51.4 Å². The number of aromatic amines is 1. The molecule has 1 aromatic carbocycles. The number of nitrogens with zero attached hydrogens (tertiary/aromatic N) is 4. The lowest BCUT2D eigenvalue weighted by atomic mass is 9.83. The Morgan fingerprint density at radius 2 is 1.92 bits per heavy atom. The van der Waals surface area contributed by atoms with Crippen LogP contribution in [0.4, 0.5) is 5.95 Å². The van der Waals surface area contributed by atoms with Crippen molar-refractivity contribution < 1.29 is 9.84 Å². The molecule has 3 aromatic heterocycles. The molecule has 6 rings (SSSR count). The van der Waals surface area contributed by atoms with Gasteiger partial charge in [-0.25, -0.2) is 9.97 Å². The molecule has 2 saturated heterocycles. The van der Waals surface area contributed by atoms with Crippen molar-refractivity contribution in [2.45, 2.75) is 45.8 Å². The van der Waals surface area contributed by atoms with E-state index in [1.165, 1.54) is 10.9 Å². The van der Waals surface area contributed by atoms with Gasteiger partial charge in [-0.05, 0) is 70.1 Å². The summed E-state index contributed by atoms with van der Waals surface area (Å²) in [5, 5.41) is 13.9. The molecule has 8 heteroatoms. The maximum atomic E-state index is 10.4. The molecule has 0 spiro atoms. The molecule has 0 bridgehead atoms. The van der Waals surface area contributed by atoms with Crippen LogP contribution < -0.4 is 4.90 Å². The van der Waals surface area contributed by atoms with Crippen molar-refractivity contribution in [3.8, 4) is 11.3 Å². The highest BCUT2D eigenvalue weighted by atomic mass is 32.1. The van der Waals surface area contributed by atoms with Crippen LogP contribution in [-0.4, -0.2) is 70.0 Å². The Kier molecular flexibility index (Phi) is 6.24. The predicted octanol–water partition coefficient (Wildman–Crippen LogP) is 4.97. The van der Waals surface area contributed by atoms with Gasteiger partial charge in [-0.15, -0.1) is 11.3 Å². The molecule has 4 aromatic rings. The second-order valence-electron chi connectivity index (χ2n) is 10.8. The zero-order chi connectivity index (χ0) is 24.9. The molecule has 0 saturated carbocycles. The summed E-state index contributed by atoms with van der Waals surface area (Å²) >= 11 is 1.75. The molecule has 7 nitrogen and oxygen atoms in total. The summed E-state index contributed by atoms with van der Waals surface area (Å²) in [6.07, 6.45) is 2.05. The fourth-order valence-electron chi connectivity index (χ4n) is 5.69. The van der Waals surface area contributed by atoms with Gasteiger partial charge in [0.05, 0.1) is 34.7 Å². The number of likely N-dealkylation sites (tertiary alicyclic amines) is 1. The third kappa shape index (κ3) is 4.52. The first kappa shape index (κ1) is 23.9. The molecule has 0 atom stereocenters. The standard InChI is InChI=1S/C28H35N5O2S/c1-18-15-22-21(5-4-6-23(22)29-18)25-26-24(30-27(31-25)33-11-13-35-14-12-33)19(17-36-26)16-32-9-7-20(8-10-32)28(2,3)34/h4-6,15,17,20,29,34H,7-14,16H2,1-3H3. The molecular formula is C28H35N5O2S. The normalized spacial score (nSPS) is 18.5. The number of piperidine rings is 1. The summed E-state index contributed by atoms with van der Waals surface area (Å²) in [6, 6.07) is 8.64. The number of aryl methyl sites for hydroxylation is 1. The highest BCUT2D eigenvalue weighted by Gasteiger charge is 2.31. The number of nitrogens with one attached hydrogen (secondary N) is 1. The minimum absolute atomic E-state index is 0.361. The Morgan fingerprint density at radius 1 is 1.14 bits per heavy atom. The van der Waals surface area contributed by atoms with Crippen LogP contribution >= 0.6 is 11.3 Å². The minimum Gasteiger partial charge on any atom is -0.390 e. The van der Waals surface area contributed by atoms with Crippen LogP contribution in [-0.2, 0) is 11.3 Å². The quantitative estimate of drug-likeness (QED) is 0.399. The third-order valence-electron chi connectivity index (χ3n) is 7.81. The molecule has 0 amide bonds. The summed E-state index contributed by atoms with van der Waals surface area (Å²) in [7, 11) is 0. The van der Waals surface area contributed by atoms with E-state index in [0.29, 0.717) is 19.1 Å². The summed E-state index contributed by atoms with van der Waals surface area (Å²) in [5.74, 6) is 1.16. The highest BCUT2D eigenvalue weighted by Crippen LogP contribution is 2.39. The number of aliphatic hydroxyl groups is 1. The van der Waals surface area contributed by atoms with Gasteiger partial charge < -0.3 is 19.7 Å². The number of hydrogen-bond acceptors (Lipinski definition) is 7. The highest BCUT2D eigenvalue weighted by molar-refractivity contribution is 7.17. The fraction of sp³-hybridized carbons (Fsp3) is 0.500. The number of morpholine rings is 1. The molecule has 36 heavy (non-hydrogen) atoms. The van der Waals surface area contributed by atoms with E-state index in [1.807, 2.05) is 13.8 Å². The molecule has 190 valence electrons. The Balaban J connectivity index is 1.40. The summed E-state index contributed by atoms with van der Waals surface area (Å²) < 4.78 is 6.75. The van der Waals surface area contributed by atoms with Gasteiger partial charge in [-0.2, -0.15) is 0 Å². The Labute approximate surface area is 216 Å². The molecule has 0 radical (unpaired) electrons. The second kappa shape index (κ2) is 9.41. The van der Waals surface area contributed by atoms with Crippen LogP contribution in [0.25, 0.3) is 32.4 Å². The van der Waals surface area contributed by atoms with Gasteiger partial charge in [-0.1, -0.05) is 12.1 Å². The molecule has 2 aliphatic rings. The van der Waals surface area contributed by atoms with E-state index in [-0.39, 0.29) is 0 Å². The van der Waals surface area contributed by atoms with Gasteiger partial charge in [0.25, 0.3) is 0 Å². The predicted molar refractivity (Wildman–Crippen MR) is 147 cm³/mol. The zero-order valence-electron chi connectivity index (χ0n) is 21.4. The van der Waals surface area contributed by atoms with E-state index in [9.17, 15) is 5.11 Å². The van der Waals surface area contributed by atoms with Gasteiger partial charge >= 0.3 is 0 Å². The van der Waals surface area contributed by atoms with Crippen molar-refractivity contribution in [1.82, 2.24) is 19.9 Å². The third-order valence-corrected chi connectivity index (χ3v) is 8.83. The number of ether oxygens (including phenoxy) is 1. The van der Waals surface area contributed by atoms with E-state index >= 15 is 0 Å². The number of fused-ring (bicyclic) bond motifs is 2. The van der Waals surface area contributed by atoms with Gasteiger partial charge in [0.15, 0.2) is 0 Å². The number of anilines is 1. The van der Waals surface area contributed by atoms with Crippen molar-refractivity contribution in [2.24, 2.45) is 5.92 Å². The van der Waals surface area contributed by atoms with Gasteiger partial charge in [0.1, 0.15) is 0 Å².